The molecule has 0 unspecified atom stereocenters. The van der Waals surface area contributed by atoms with Gasteiger partial charge in [0.1, 0.15) is 0 Å². The van der Waals surface area contributed by atoms with Crippen LogP contribution in [0.5, 0.6) is 0 Å². The lowest BCUT2D eigenvalue weighted by Crippen LogP contribution is -1.80. The quantitative estimate of drug-likeness (QED) is 0.612. The Hall–Kier alpha value is -0.820. The molecule has 0 N–H and O–H groups in total. The van der Waals surface area contributed by atoms with Crippen LogP contribution >= 0.6 is 11.3 Å². The standard InChI is InChI=1S/C11H11S/c1-8-4-3-5-10(8)11-9(2)6-7-12-11/h5-7H,3H2,1-2H3. The summed E-state index contributed by atoms with van der Waals surface area (Å²) >= 11 is 1.82. The fraction of sp³-hybridized carbons (Fsp3) is 0.273. The maximum absolute atomic E-state index is 3.32. The smallest absolute Gasteiger partial charge is 0.0371 e. The number of rotatable bonds is 1. The molecule has 0 atom stereocenters. The molecule has 0 saturated heterocycles. The predicted molar refractivity (Wildman–Crippen MR) is 54.1 cm³/mol. The highest BCUT2D eigenvalue weighted by molar-refractivity contribution is 7.11. The SMILES string of the molecule is CC1=[C]CC=C1c1sccc1C. The molecule has 0 amide bonds. The zero-order valence-electron chi connectivity index (χ0n) is 7.35. The van der Waals surface area contributed by atoms with Gasteiger partial charge in [0.15, 0.2) is 0 Å². The van der Waals surface area contributed by atoms with Crippen molar-refractivity contribution in [2.24, 2.45) is 0 Å². The minimum Gasteiger partial charge on any atom is -0.144 e. The Morgan fingerprint density at radius 3 is 2.75 bits per heavy atom. The summed E-state index contributed by atoms with van der Waals surface area (Å²) in [6.07, 6.45) is 6.56. The Morgan fingerprint density at radius 2 is 2.25 bits per heavy atom. The zero-order chi connectivity index (χ0) is 8.55. The summed E-state index contributed by atoms with van der Waals surface area (Å²) in [7, 11) is 0. The second kappa shape index (κ2) is 2.91. The third-order valence-electron chi connectivity index (χ3n) is 2.18. The van der Waals surface area contributed by atoms with E-state index < -0.39 is 0 Å². The molecule has 1 heteroatoms. The average Bonchev–Trinajstić information content (AvgIpc) is 2.59. The number of allylic oxidation sites excluding steroid dienone is 4. The third kappa shape index (κ3) is 1.14. The Kier molecular flexibility index (Phi) is 1.89. The van der Waals surface area contributed by atoms with E-state index in [1.807, 2.05) is 11.3 Å². The van der Waals surface area contributed by atoms with Gasteiger partial charge < -0.3 is 0 Å². The Labute approximate surface area is 77.2 Å². The van der Waals surface area contributed by atoms with Gasteiger partial charge in [0, 0.05) is 4.88 Å². The van der Waals surface area contributed by atoms with E-state index in [9.17, 15) is 0 Å². The molecule has 1 radical (unpaired) electrons. The number of hydrogen-bond donors (Lipinski definition) is 0. The van der Waals surface area contributed by atoms with Crippen molar-refractivity contribution in [3.8, 4) is 0 Å². The molecule has 61 valence electrons. The highest BCUT2D eigenvalue weighted by atomic mass is 32.1. The van der Waals surface area contributed by atoms with Crippen molar-refractivity contribution in [1.82, 2.24) is 0 Å². The summed E-state index contributed by atoms with van der Waals surface area (Å²) in [4.78, 5) is 1.41. The Balaban J connectivity index is 2.44. The van der Waals surface area contributed by atoms with Gasteiger partial charge >= 0.3 is 0 Å². The first kappa shape index (κ1) is 7.81. The van der Waals surface area contributed by atoms with Crippen LogP contribution < -0.4 is 0 Å². The van der Waals surface area contributed by atoms with Crippen LogP contribution in [0.1, 0.15) is 23.8 Å². The van der Waals surface area contributed by atoms with Crippen molar-refractivity contribution in [3.63, 3.8) is 0 Å². The average molecular weight is 175 g/mol. The maximum atomic E-state index is 3.32. The molecule has 0 spiro atoms. The lowest BCUT2D eigenvalue weighted by atomic mass is 10.1. The van der Waals surface area contributed by atoms with Crippen LogP contribution in [-0.4, -0.2) is 0 Å². The molecule has 2 rings (SSSR count). The zero-order valence-corrected chi connectivity index (χ0v) is 8.16. The molecule has 0 bridgehead atoms. The van der Waals surface area contributed by atoms with E-state index in [0.29, 0.717) is 0 Å². The van der Waals surface area contributed by atoms with Crippen molar-refractivity contribution in [2.45, 2.75) is 20.3 Å². The summed E-state index contributed by atoms with van der Waals surface area (Å²) < 4.78 is 0. The van der Waals surface area contributed by atoms with Gasteiger partial charge in [0.2, 0.25) is 0 Å². The van der Waals surface area contributed by atoms with Crippen LogP contribution in [0.15, 0.2) is 23.1 Å². The van der Waals surface area contributed by atoms with Gasteiger partial charge in [-0.1, -0.05) is 6.08 Å². The third-order valence-corrected chi connectivity index (χ3v) is 3.23. The molecular formula is C11H11S. The van der Waals surface area contributed by atoms with Crippen LogP contribution in [-0.2, 0) is 0 Å². The summed E-state index contributed by atoms with van der Waals surface area (Å²) in [5.74, 6) is 0. The van der Waals surface area contributed by atoms with Gasteiger partial charge in [-0.05, 0) is 54.5 Å². The van der Waals surface area contributed by atoms with Gasteiger partial charge in [-0.25, -0.2) is 0 Å². The summed E-state index contributed by atoms with van der Waals surface area (Å²) in [6, 6.07) is 2.17. The van der Waals surface area contributed by atoms with Crippen molar-refractivity contribution in [2.75, 3.05) is 0 Å². The predicted octanol–water partition coefficient (Wildman–Crippen LogP) is 3.59. The summed E-state index contributed by atoms with van der Waals surface area (Å²) in [5.41, 5.74) is 4.08. The lowest BCUT2D eigenvalue weighted by molar-refractivity contribution is 1.36. The number of thiophene rings is 1. The van der Waals surface area contributed by atoms with E-state index in [4.69, 9.17) is 0 Å². The molecule has 0 nitrogen and oxygen atoms in total. The minimum absolute atomic E-state index is 0.985. The van der Waals surface area contributed by atoms with Crippen LogP contribution in [0.25, 0.3) is 5.57 Å². The molecule has 0 fully saturated rings. The molecule has 1 aliphatic rings. The highest BCUT2D eigenvalue weighted by Gasteiger charge is 2.11. The van der Waals surface area contributed by atoms with E-state index in [1.165, 1.54) is 21.6 Å². The first-order valence-corrected chi connectivity index (χ1v) is 4.99. The van der Waals surface area contributed by atoms with Crippen LogP contribution in [0, 0.1) is 13.0 Å². The number of hydrogen-bond acceptors (Lipinski definition) is 1. The van der Waals surface area contributed by atoms with Crippen molar-refractivity contribution in [3.05, 3.63) is 39.6 Å². The normalized spacial score (nSPS) is 16.2. The summed E-state index contributed by atoms with van der Waals surface area (Å²) in [6.45, 7) is 4.30. The van der Waals surface area contributed by atoms with Gasteiger partial charge in [0.25, 0.3) is 0 Å². The molecule has 1 aromatic rings. The molecule has 0 saturated carbocycles. The van der Waals surface area contributed by atoms with Crippen molar-refractivity contribution >= 4 is 16.9 Å². The Bertz CT molecular complexity index is 353. The van der Waals surface area contributed by atoms with Gasteiger partial charge in [-0.3, -0.25) is 0 Å². The lowest BCUT2D eigenvalue weighted by Gasteiger charge is -2.01. The topological polar surface area (TPSA) is 0 Å². The monoisotopic (exact) mass is 175 g/mol. The van der Waals surface area contributed by atoms with E-state index >= 15 is 0 Å². The second-order valence-corrected chi connectivity index (χ2v) is 3.97. The van der Waals surface area contributed by atoms with Crippen molar-refractivity contribution in [1.29, 1.82) is 0 Å². The van der Waals surface area contributed by atoms with Gasteiger partial charge in [-0.15, -0.1) is 11.3 Å². The first-order chi connectivity index (χ1) is 5.79. The van der Waals surface area contributed by atoms with Crippen LogP contribution in [0.4, 0.5) is 0 Å². The number of aryl methyl sites for hydroxylation is 1. The second-order valence-electron chi connectivity index (χ2n) is 3.06. The molecular weight excluding hydrogens is 164 g/mol. The molecule has 0 aromatic carbocycles. The molecule has 12 heavy (non-hydrogen) atoms. The van der Waals surface area contributed by atoms with Crippen LogP contribution in [0.3, 0.4) is 0 Å². The summed E-state index contributed by atoms with van der Waals surface area (Å²) in [5, 5.41) is 2.15. The minimum atomic E-state index is 0.985. The fourth-order valence-corrected chi connectivity index (χ4v) is 2.49. The van der Waals surface area contributed by atoms with Crippen molar-refractivity contribution < 1.29 is 0 Å². The maximum Gasteiger partial charge on any atom is 0.0371 e. The molecule has 1 aliphatic carbocycles. The van der Waals surface area contributed by atoms with Crippen LogP contribution in [0.2, 0.25) is 0 Å². The van der Waals surface area contributed by atoms with Gasteiger partial charge in [-0.2, -0.15) is 0 Å². The van der Waals surface area contributed by atoms with E-state index in [2.05, 4.69) is 37.4 Å². The van der Waals surface area contributed by atoms with E-state index in [-0.39, 0.29) is 0 Å². The first-order valence-electron chi connectivity index (χ1n) is 4.11. The fourth-order valence-electron chi connectivity index (χ4n) is 1.47. The molecule has 0 aliphatic heterocycles. The van der Waals surface area contributed by atoms with E-state index in [1.54, 1.807) is 0 Å². The highest BCUT2D eigenvalue weighted by Crippen LogP contribution is 2.33. The van der Waals surface area contributed by atoms with E-state index in [0.717, 1.165) is 6.42 Å². The van der Waals surface area contributed by atoms with Gasteiger partial charge in [0.05, 0.1) is 0 Å². The largest absolute Gasteiger partial charge is 0.144 e. The Morgan fingerprint density at radius 1 is 1.42 bits per heavy atom. The molecule has 1 aromatic heterocycles. The molecule has 1 heterocycles.